The first-order valence-corrected chi connectivity index (χ1v) is 14.8. The molecule has 0 spiro atoms. The van der Waals surface area contributed by atoms with Crippen LogP contribution in [0.4, 0.5) is 0 Å². The second-order valence-electron chi connectivity index (χ2n) is 10.5. The maximum Gasteiger partial charge on any atom is 0.308 e. The fourth-order valence-corrected chi connectivity index (χ4v) is 4.88. The highest BCUT2D eigenvalue weighted by Gasteiger charge is 2.27. The van der Waals surface area contributed by atoms with Gasteiger partial charge >= 0.3 is 5.97 Å². The summed E-state index contributed by atoms with van der Waals surface area (Å²) in [6, 6.07) is 26.8. The van der Waals surface area contributed by atoms with Gasteiger partial charge in [0.2, 0.25) is 5.91 Å². The van der Waals surface area contributed by atoms with Gasteiger partial charge < -0.3 is 30.6 Å². The SMILES string of the molecule is C=CCOC(=O)C[C@H](NC(=O)c1c(OC[C@H](N)Cc2ccccc2)ccc2ccccc12)C(=O)NCCc1cccc(OC)c1. The third-order valence-electron chi connectivity index (χ3n) is 7.11. The van der Waals surface area contributed by atoms with Crippen molar-refractivity contribution in [2.75, 3.05) is 26.9 Å². The lowest BCUT2D eigenvalue weighted by atomic mass is 10.0. The Kier molecular flexibility index (Phi) is 12.1. The van der Waals surface area contributed by atoms with Crippen LogP contribution in [0.25, 0.3) is 10.8 Å². The summed E-state index contributed by atoms with van der Waals surface area (Å²) in [7, 11) is 1.59. The number of methoxy groups -OCH3 is 1. The van der Waals surface area contributed by atoms with E-state index in [1.54, 1.807) is 13.2 Å². The van der Waals surface area contributed by atoms with Crippen molar-refractivity contribution in [3.63, 3.8) is 0 Å². The van der Waals surface area contributed by atoms with E-state index in [2.05, 4.69) is 17.2 Å². The Morgan fingerprint density at radius 3 is 2.47 bits per heavy atom. The number of benzene rings is 4. The third kappa shape index (κ3) is 9.67. The summed E-state index contributed by atoms with van der Waals surface area (Å²) in [5, 5.41) is 7.04. The number of carbonyl (C=O) groups is 3. The molecule has 2 amide bonds. The predicted octanol–water partition coefficient (Wildman–Crippen LogP) is 4.37. The van der Waals surface area contributed by atoms with Gasteiger partial charge in [0.05, 0.1) is 19.1 Å². The number of nitrogens with one attached hydrogen (secondary N) is 2. The lowest BCUT2D eigenvalue weighted by molar-refractivity contribution is -0.144. The summed E-state index contributed by atoms with van der Waals surface area (Å²) in [6.07, 6.45) is 2.19. The zero-order chi connectivity index (χ0) is 32.0. The second-order valence-corrected chi connectivity index (χ2v) is 10.5. The standard InChI is InChI=1S/C36H39N3O6/c1-3-20-44-33(40)23-31(35(41)38-19-18-26-12-9-14-29(22-26)43-2)39-36(42)34-30-15-8-7-13-27(30)16-17-32(34)45-24-28(37)21-25-10-5-4-6-11-25/h3-17,22,28,31H,1,18-21,23-24,37H2,2H3,(H,38,41)(H,39,42)/t28-,31+/m1/s1. The zero-order valence-electron chi connectivity index (χ0n) is 25.4. The summed E-state index contributed by atoms with van der Waals surface area (Å²) in [5.74, 6) is -0.703. The molecule has 9 heteroatoms. The molecule has 9 nitrogen and oxygen atoms in total. The van der Waals surface area contributed by atoms with Crippen molar-refractivity contribution in [3.05, 3.63) is 120 Å². The van der Waals surface area contributed by atoms with Crippen LogP contribution in [0.5, 0.6) is 11.5 Å². The van der Waals surface area contributed by atoms with Gasteiger partial charge in [0.25, 0.3) is 5.91 Å². The number of hydrogen-bond acceptors (Lipinski definition) is 7. The molecule has 0 aliphatic carbocycles. The molecule has 0 saturated heterocycles. The van der Waals surface area contributed by atoms with E-state index in [0.29, 0.717) is 29.7 Å². The van der Waals surface area contributed by atoms with Crippen molar-refractivity contribution in [3.8, 4) is 11.5 Å². The average molecular weight is 610 g/mol. The van der Waals surface area contributed by atoms with Crippen LogP contribution < -0.4 is 25.8 Å². The molecule has 0 aliphatic heterocycles. The van der Waals surface area contributed by atoms with Crippen LogP contribution in [-0.4, -0.2) is 56.7 Å². The van der Waals surface area contributed by atoms with Crippen LogP contribution >= 0.6 is 0 Å². The first-order chi connectivity index (χ1) is 21.9. The number of amides is 2. The van der Waals surface area contributed by atoms with Crippen molar-refractivity contribution < 1.29 is 28.6 Å². The zero-order valence-corrected chi connectivity index (χ0v) is 25.4. The Balaban J connectivity index is 1.52. The number of hydrogen-bond donors (Lipinski definition) is 3. The molecular weight excluding hydrogens is 570 g/mol. The van der Waals surface area contributed by atoms with Crippen LogP contribution in [0.2, 0.25) is 0 Å². The van der Waals surface area contributed by atoms with Gasteiger partial charge in [-0.25, -0.2) is 0 Å². The third-order valence-corrected chi connectivity index (χ3v) is 7.11. The van der Waals surface area contributed by atoms with Crippen LogP contribution in [0, 0.1) is 0 Å². The predicted molar refractivity (Wildman–Crippen MR) is 174 cm³/mol. The van der Waals surface area contributed by atoms with Crippen LogP contribution in [-0.2, 0) is 27.2 Å². The quantitative estimate of drug-likeness (QED) is 0.127. The van der Waals surface area contributed by atoms with Gasteiger partial charge in [-0.3, -0.25) is 14.4 Å². The Morgan fingerprint density at radius 2 is 1.69 bits per heavy atom. The minimum Gasteiger partial charge on any atom is -0.497 e. The van der Waals surface area contributed by atoms with Crippen LogP contribution in [0.3, 0.4) is 0 Å². The molecule has 4 aromatic carbocycles. The lowest BCUT2D eigenvalue weighted by Crippen LogP contribution is -2.48. The normalized spacial score (nSPS) is 12.0. The summed E-state index contributed by atoms with van der Waals surface area (Å²) in [5.41, 5.74) is 8.65. The summed E-state index contributed by atoms with van der Waals surface area (Å²) in [6.45, 7) is 3.98. The number of fused-ring (bicyclic) bond motifs is 1. The van der Waals surface area contributed by atoms with Gasteiger partial charge in [-0.1, -0.05) is 85.5 Å². The molecule has 234 valence electrons. The first kappa shape index (κ1) is 32.8. The van der Waals surface area contributed by atoms with Crippen molar-refractivity contribution in [2.24, 2.45) is 5.73 Å². The molecular formula is C36H39N3O6. The molecule has 2 atom stereocenters. The Bertz CT molecular complexity index is 1610. The van der Waals surface area contributed by atoms with Crippen LogP contribution in [0.1, 0.15) is 27.9 Å². The van der Waals surface area contributed by atoms with Crippen LogP contribution in [0.15, 0.2) is 104 Å². The number of nitrogens with two attached hydrogens (primary N) is 1. The number of ether oxygens (including phenoxy) is 3. The van der Waals surface area contributed by atoms with E-state index in [1.165, 1.54) is 6.08 Å². The number of rotatable bonds is 16. The highest BCUT2D eigenvalue weighted by molar-refractivity contribution is 6.10. The maximum atomic E-state index is 13.9. The topological polar surface area (TPSA) is 129 Å². The Hall–Kier alpha value is -5.15. The molecule has 4 aromatic rings. The Labute approximate surface area is 263 Å². The van der Waals surface area contributed by atoms with Crippen molar-refractivity contribution in [2.45, 2.75) is 31.3 Å². The monoisotopic (exact) mass is 609 g/mol. The van der Waals surface area contributed by atoms with E-state index in [9.17, 15) is 14.4 Å². The number of esters is 1. The molecule has 0 aromatic heterocycles. The minimum absolute atomic E-state index is 0.0124. The fraction of sp³-hybridized carbons (Fsp3) is 0.250. The molecule has 0 bridgehead atoms. The molecule has 0 fully saturated rings. The summed E-state index contributed by atoms with van der Waals surface area (Å²) >= 11 is 0. The highest BCUT2D eigenvalue weighted by Crippen LogP contribution is 2.29. The van der Waals surface area contributed by atoms with Gasteiger partial charge in [0.1, 0.15) is 30.8 Å². The number of carbonyl (C=O) groups excluding carboxylic acids is 3. The molecule has 0 saturated carbocycles. The molecule has 0 unspecified atom stereocenters. The average Bonchev–Trinajstić information content (AvgIpc) is 3.06. The van der Waals surface area contributed by atoms with Gasteiger partial charge in [0, 0.05) is 12.6 Å². The molecule has 4 N–H and O–H groups in total. The molecule has 45 heavy (non-hydrogen) atoms. The molecule has 0 heterocycles. The fourth-order valence-electron chi connectivity index (χ4n) is 4.88. The molecule has 4 rings (SSSR count). The second kappa shape index (κ2) is 16.6. The lowest BCUT2D eigenvalue weighted by Gasteiger charge is -2.21. The van der Waals surface area contributed by atoms with Crippen molar-refractivity contribution in [1.82, 2.24) is 10.6 Å². The largest absolute Gasteiger partial charge is 0.497 e. The summed E-state index contributed by atoms with van der Waals surface area (Å²) in [4.78, 5) is 39.8. The maximum absolute atomic E-state index is 13.9. The van der Waals surface area contributed by atoms with E-state index in [0.717, 1.165) is 16.5 Å². The summed E-state index contributed by atoms with van der Waals surface area (Å²) < 4.78 is 16.5. The van der Waals surface area contributed by atoms with E-state index >= 15 is 0 Å². The minimum atomic E-state index is -1.20. The van der Waals surface area contributed by atoms with Crippen molar-refractivity contribution >= 4 is 28.6 Å². The first-order valence-electron chi connectivity index (χ1n) is 14.8. The van der Waals surface area contributed by atoms with E-state index in [1.807, 2.05) is 84.9 Å². The molecule has 0 radical (unpaired) electrons. The van der Waals surface area contributed by atoms with E-state index in [4.69, 9.17) is 19.9 Å². The van der Waals surface area contributed by atoms with E-state index in [-0.39, 0.29) is 37.8 Å². The van der Waals surface area contributed by atoms with Gasteiger partial charge in [-0.05, 0) is 52.9 Å². The van der Waals surface area contributed by atoms with Crippen molar-refractivity contribution in [1.29, 1.82) is 0 Å². The highest BCUT2D eigenvalue weighted by atomic mass is 16.5. The van der Waals surface area contributed by atoms with Gasteiger partial charge in [0.15, 0.2) is 0 Å². The smallest absolute Gasteiger partial charge is 0.308 e. The molecule has 0 aliphatic rings. The van der Waals surface area contributed by atoms with E-state index < -0.39 is 23.8 Å². The Morgan fingerprint density at radius 1 is 0.933 bits per heavy atom. The van der Waals surface area contributed by atoms with Gasteiger partial charge in [-0.15, -0.1) is 0 Å². The van der Waals surface area contributed by atoms with Gasteiger partial charge in [-0.2, -0.15) is 0 Å².